The van der Waals surface area contributed by atoms with Crippen molar-refractivity contribution in [2.45, 2.75) is 24.9 Å². The molecule has 1 unspecified atom stereocenters. The van der Waals surface area contributed by atoms with Crippen LogP contribution in [0.15, 0.2) is 35.3 Å². The number of hydrogen-bond donors (Lipinski definition) is 1. The summed E-state index contributed by atoms with van der Waals surface area (Å²) in [6.45, 7) is 1.88. The van der Waals surface area contributed by atoms with Gasteiger partial charge in [0.2, 0.25) is 5.95 Å². The number of nitrogens with one attached hydrogen (secondary N) is 1. The largest absolute Gasteiger partial charge is 0.381 e. The van der Waals surface area contributed by atoms with Crippen LogP contribution in [-0.4, -0.2) is 32.4 Å². The number of hydrogen-bond acceptors (Lipinski definition) is 5. The lowest BCUT2D eigenvalue weighted by Gasteiger charge is -2.09. The van der Waals surface area contributed by atoms with Crippen LogP contribution in [0.5, 0.6) is 0 Å². The van der Waals surface area contributed by atoms with E-state index in [1.807, 2.05) is 24.3 Å². The zero-order chi connectivity index (χ0) is 17.0. The van der Waals surface area contributed by atoms with Gasteiger partial charge >= 0.3 is 0 Å². The molecule has 2 aliphatic heterocycles. The first-order valence-electron chi connectivity index (χ1n) is 8.29. The van der Waals surface area contributed by atoms with Gasteiger partial charge in [0, 0.05) is 17.5 Å². The second-order valence-electron chi connectivity index (χ2n) is 6.46. The first kappa shape index (κ1) is 14.9. The quantitative estimate of drug-likeness (QED) is 0.761. The molecule has 4 heterocycles. The summed E-state index contributed by atoms with van der Waals surface area (Å²) in [6, 6.07) is 7.63. The number of imidazole rings is 1. The van der Waals surface area contributed by atoms with Crippen LogP contribution in [0.4, 0.5) is 5.95 Å². The Morgan fingerprint density at radius 2 is 2.12 bits per heavy atom. The summed E-state index contributed by atoms with van der Waals surface area (Å²) < 4.78 is 8.79. The van der Waals surface area contributed by atoms with Crippen molar-refractivity contribution in [2.24, 2.45) is 0 Å². The second kappa shape index (κ2) is 5.57. The van der Waals surface area contributed by atoms with E-state index in [2.05, 4.69) is 15.4 Å². The number of rotatable bonds is 2. The first-order valence-corrected chi connectivity index (χ1v) is 8.67. The van der Waals surface area contributed by atoms with Crippen molar-refractivity contribution >= 4 is 23.1 Å². The molecule has 128 valence electrons. The van der Waals surface area contributed by atoms with Gasteiger partial charge in [-0.1, -0.05) is 23.7 Å². The molecular formula is C17H16ClN5O2. The molecule has 0 aliphatic carbocycles. The van der Waals surface area contributed by atoms with Crippen molar-refractivity contribution in [3.8, 4) is 0 Å². The van der Waals surface area contributed by atoms with Crippen LogP contribution in [0.1, 0.15) is 29.8 Å². The smallest absolute Gasteiger partial charge is 0.281 e. The maximum atomic E-state index is 12.8. The average Bonchev–Trinajstić information content (AvgIpc) is 3.34. The van der Waals surface area contributed by atoms with E-state index in [0.717, 1.165) is 24.4 Å². The van der Waals surface area contributed by atoms with Crippen molar-refractivity contribution in [2.75, 3.05) is 18.5 Å². The normalized spacial score (nSPS) is 22.3. The standard InChI is InChI=1S/C17H16ClN5O2/c18-12-3-1-10(2-4-12)13-8-22-16(24)14-7-19-15(11-5-6-25-9-11)23(14)21-17(22)20-13/h1-4,7,11,13H,5-6,8-9H2,(H,20,21)/t11?,13-/m1/s1. The Morgan fingerprint density at radius 1 is 1.28 bits per heavy atom. The van der Waals surface area contributed by atoms with Crippen LogP contribution >= 0.6 is 11.6 Å². The minimum absolute atomic E-state index is 0.00389. The van der Waals surface area contributed by atoms with Gasteiger partial charge in [0.1, 0.15) is 5.82 Å². The Morgan fingerprint density at radius 3 is 2.88 bits per heavy atom. The summed E-state index contributed by atoms with van der Waals surface area (Å²) in [4.78, 5) is 17.3. The van der Waals surface area contributed by atoms with Gasteiger partial charge in [0.05, 0.1) is 25.4 Å². The van der Waals surface area contributed by atoms with Crippen molar-refractivity contribution in [3.05, 3.63) is 57.2 Å². The lowest BCUT2D eigenvalue weighted by molar-refractivity contribution is 0.193. The van der Waals surface area contributed by atoms with Crippen molar-refractivity contribution in [1.29, 1.82) is 0 Å². The zero-order valence-electron chi connectivity index (χ0n) is 13.4. The van der Waals surface area contributed by atoms with Crippen LogP contribution in [0.3, 0.4) is 0 Å². The summed E-state index contributed by atoms with van der Waals surface area (Å²) in [6.07, 6.45) is 2.52. The van der Waals surface area contributed by atoms with Crippen LogP contribution in [0.2, 0.25) is 5.02 Å². The van der Waals surface area contributed by atoms with Gasteiger partial charge in [0.15, 0.2) is 5.52 Å². The number of aromatic nitrogens is 4. The third-order valence-electron chi connectivity index (χ3n) is 4.91. The Hall–Kier alpha value is -2.38. The highest BCUT2D eigenvalue weighted by Gasteiger charge is 2.28. The predicted molar refractivity (Wildman–Crippen MR) is 93.2 cm³/mol. The maximum absolute atomic E-state index is 12.8. The Bertz CT molecular complexity index is 1000. The molecule has 0 amide bonds. The molecule has 0 saturated carbocycles. The van der Waals surface area contributed by atoms with E-state index in [-0.39, 0.29) is 17.5 Å². The fraction of sp³-hybridized carbons (Fsp3) is 0.353. The van der Waals surface area contributed by atoms with E-state index in [9.17, 15) is 4.79 Å². The topological polar surface area (TPSA) is 73.4 Å². The molecular weight excluding hydrogens is 342 g/mol. The van der Waals surface area contributed by atoms with Crippen LogP contribution in [0, 0.1) is 0 Å². The van der Waals surface area contributed by atoms with Crippen LogP contribution in [-0.2, 0) is 11.3 Å². The monoisotopic (exact) mass is 357 g/mol. The van der Waals surface area contributed by atoms with Gasteiger partial charge in [-0.25, -0.2) is 9.50 Å². The zero-order valence-corrected chi connectivity index (χ0v) is 14.1. The number of benzene rings is 1. The molecule has 1 aromatic carbocycles. The van der Waals surface area contributed by atoms with Gasteiger partial charge < -0.3 is 10.1 Å². The Kier molecular flexibility index (Phi) is 3.33. The minimum atomic E-state index is -0.0772. The lowest BCUT2D eigenvalue weighted by Crippen LogP contribution is -2.22. The average molecular weight is 358 g/mol. The third-order valence-corrected chi connectivity index (χ3v) is 5.17. The molecule has 0 spiro atoms. The number of anilines is 1. The van der Waals surface area contributed by atoms with Crippen LogP contribution < -0.4 is 10.9 Å². The van der Waals surface area contributed by atoms with Gasteiger partial charge in [-0.15, -0.1) is 5.10 Å². The SMILES string of the molecule is O=c1c2cnc(C3CCOC3)n2nc2n1C[C@H](c1ccc(Cl)cc1)N2. The molecule has 0 radical (unpaired) electrons. The number of halogens is 1. The van der Waals surface area contributed by atoms with Crippen molar-refractivity contribution in [3.63, 3.8) is 0 Å². The van der Waals surface area contributed by atoms with Crippen molar-refractivity contribution in [1.82, 2.24) is 19.2 Å². The maximum Gasteiger partial charge on any atom is 0.281 e. The fourth-order valence-corrected chi connectivity index (χ4v) is 3.68. The molecule has 8 heteroatoms. The summed E-state index contributed by atoms with van der Waals surface area (Å²) in [5.41, 5.74) is 1.50. The number of nitrogens with zero attached hydrogens (tertiary/aromatic N) is 4. The molecule has 1 N–H and O–H groups in total. The van der Waals surface area contributed by atoms with E-state index < -0.39 is 0 Å². The molecule has 25 heavy (non-hydrogen) atoms. The molecule has 0 bridgehead atoms. The summed E-state index contributed by atoms with van der Waals surface area (Å²) in [5, 5.41) is 8.67. The highest BCUT2D eigenvalue weighted by Crippen LogP contribution is 2.29. The summed E-state index contributed by atoms with van der Waals surface area (Å²) >= 11 is 5.96. The molecule has 3 aromatic rings. The summed E-state index contributed by atoms with van der Waals surface area (Å²) in [7, 11) is 0. The molecule has 5 rings (SSSR count). The summed E-state index contributed by atoms with van der Waals surface area (Å²) in [5.74, 6) is 1.55. The minimum Gasteiger partial charge on any atom is -0.381 e. The van der Waals surface area contributed by atoms with Gasteiger partial charge in [-0.05, 0) is 24.1 Å². The van der Waals surface area contributed by atoms with E-state index in [1.54, 1.807) is 15.3 Å². The molecule has 1 fully saturated rings. The van der Waals surface area contributed by atoms with E-state index >= 15 is 0 Å². The Balaban J connectivity index is 1.56. The molecule has 2 aliphatic rings. The highest BCUT2D eigenvalue weighted by atomic mass is 35.5. The number of ether oxygens (including phenoxy) is 1. The van der Waals surface area contributed by atoms with E-state index in [4.69, 9.17) is 16.3 Å². The van der Waals surface area contributed by atoms with Gasteiger partial charge in [-0.3, -0.25) is 9.36 Å². The molecule has 1 saturated heterocycles. The van der Waals surface area contributed by atoms with Gasteiger partial charge in [-0.2, -0.15) is 0 Å². The van der Waals surface area contributed by atoms with E-state index in [1.165, 1.54) is 0 Å². The lowest BCUT2D eigenvalue weighted by atomic mass is 10.1. The third kappa shape index (κ3) is 2.34. The molecule has 2 atom stereocenters. The van der Waals surface area contributed by atoms with E-state index in [0.29, 0.717) is 29.6 Å². The molecule has 2 aromatic heterocycles. The van der Waals surface area contributed by atoms with Crippen LogP contribution in [0.25, 0.3) is 5.52 Å². The second-order valence-corrected chi connectivity index (χ2v) is 6.90. The highest BCUT2D eigenvalue weighted by molar-refractivity contribution is 6.30. The Labute approximate surface area is 148 Å². The predicted octanol–water partition coefficient (Wildman–Crippen LogP) is 2.22. The molecule has 7 nitrogen and oxygen atoms in total. The van der Waals surface area contributed by atoms with Crippen molar-refractivity contribution < 1.29 is 4.74 Å². The first-order chi connectivity index (χ1) is 12.2. The fourth-order valence-electron chi connectivity index (χ4n) is 3.55. The number of fused-ring (bicyclic) bond motifs is 2. The van der Waals surface area contributed by atoms with Gasteiger partial charge in [0.25, 0.3) is 5.56 Å².